The van der Waals surface area contributed by atoms with Crippen LogP contribution in [0.3, 0.4) is 0 Å². The van der Waals surface area contributed by atoms with Gasteiger partial charge in [-0.05, 0) is 35.9 Å². The van der Waals surface area contributed by atoms with Gasteiger partial charge in [0.15, 0.2) is 17.3 Å². The molecule has 3 aliphatic heterocycles. The first-order chi connectivity index (χ1) is 14.1. The van der Waals surface area contributed by atoms with E-state index in [1.807, 2.05) is 47.4 Å². The van der Waals surface area contributed by atoms with Gasteiger partial charge in [0, 0.05) is 32.0 Å². The molecule has 0 aromatic heterocycles. The van der Waals surface area contributed by atoms with Crippen molar-refractivity contribution in [3.8, 4) is 17.2 Å². The zero-order chi connectivity index (χ0) is 19.8. The van der Waals surface area contributed by atoms with Crippen molar-refractivity contribution in [2.75, 3.05) is 19.9 Å². The van der Waals surface area contributed by atoms with Crippen LogP contribution in [-0.2, 0) is 4.79 Å². The molecule has 2 aromatic carbocycles. The Morgan fingerprint density at radius 1 is 1.00 bits per heavy atom. The highest BCUT2D eigenvalue weighted by atomic mass is 16.7. The van der Waals surface area contributed by atoms with Gasteiger partial charge in [-0.1, -0.05) is 18.2 Å². The van der Waals surface area contributed by atoms with E-state index in [-0.39, 0.29) is 18.5 Å². The predicted molar refractivity (Wildman–Crippen MR) is 106 cm³/mol. The molecular formula is C23H21NO5. The van der Waals surface area contributed by atoms with E-state index in [2.05, 4.69) is 0 Å². The van der Waals surface area contributed by atoms with Crippen molar-refractivity contribution in [3.05, 3.63) is 59.7 Å². The number of benzene rings is 2. The van der Waals surface area contributed by atoms with Gasteiger partial charge in [-0.15, -0.1) is 0 Å². The Kier molecular flexibility index (Phi) is 4.27. The van der Waals surface area contributed by atoms with E-state index in [4.69, 9.17) is 14.2 Å². The highest BCUT2D eigenvalue weighted by molar-refractivity contribution is 6.00. The molecule has 0 unspecified atom stereocenters. The lowest BCUT2D eigenvalue weighted by Crippen LogP contribution is -2.52. The second kappa shape index (κ2) is 6.95. The van der Waals surface area contributed by atoms with Crippen LogP contribution in [0, 0.1) is 0 Å². The van der Waals surface area contributed by atoms with Gasteiger partial charge in [-0.25, -0.2) is 0 Å². The van der Waals surface area contributed by atoms with Crippen LogP contribution in [0.4, 0.5) is 0 Å². The number of carbonyl (C=O) groups is 2. The summed E-state index contributed by atoms with van der Waals surface area (Å²) in [6.45, 7) is 1.37. The van der Waals surface area contributed by atoms with Crippen LogP contribution in [0.15, 0.2) is 48.5 Å². The number of rotatable bonds is 2. The molecule has 5 rings (SSSR count). The number of Topliss-reactive ketones (excluding diaryl/α,β-unsaturated/α-hetero) is 1. The molecular weight excluding hydrogens is 370 g/mol. The summed E-state index contributed by atoms with van der Waals surface area (Å²) in [5, 5.41) is 0. The normalized spacial score (nSPS) is 19.3. The minimum atomic E-state index is -0.497. The lowest BCUT2D eigenvalue weighted by molar-refractivity contribution is -0.129. The van der Waals surface area contributed by atoms with E-state index in [0.29, 0.717) is 49.4 Å². The van der Waals surface area contributed by atoms with Crippen molar-refractivity contribution in [1.82, 2.24) is 4.90 Å². The summed E-state index contributed by atoms with van der Waals surface area (Å²) in [7, 11) is 0. The molecule has 6 heteroatoms. The van der Waals surface area contributed by atoms with Gasteiger partial charge in [-0.3, -0.25) is 9.59 Å². The fraction of sp³-hybridized carbons (Fsp3) is 0.304. The number of ether oxygens (including phenoxy) is 3. The molecule has 1 fully saturated rings. The quantitative estimate of drug-likeness (QED) is 0.734. The smallest absolute Gasteiger partial charge is 0.246 e. The first kappa shape index (κ1) is 17.8. The Morgan fingerprint density at radius 3 is 2.66 bits per heavy atom. The van der Waals surface area contributed by atoms with Gasteiger partial charge in [-0.2, -0.15) is 0 Å². The number of nitrogens with zero attached hydrogens (tertiary/aromatic N) is 1. The summed E-state index contributed by atoms with van der Waals surface area (Å²) in [5.41, 5.74) is 1.04. The molecule has 29 heavy (non-hydrogen) atoms. The third kappa shape index (κ3) is 3.35. The summed E-state index contributed by atoms with van der Waals surface area (Å²) >= 11 is 0. The van der Waals surface area contributed by atoms with Crippen LogP contribution in [0.2, 0.25) is 0 Å². The number of carbonyl (C=O) groups excluding carboxylic acids is 2. The molecule has 3 aliphatic rings. The van der Waals surface area contributed by atoms with E-state index in [1.165, 1.54) is 0 Å². The molecule has 1 amide bonds. The van der Waals surface area contributed by atoms with Crippen molar-refractivity contribution in [3.63, 3.8) is 0 Å². The number of fused-ring (bicyclic) bond motifs is 2. The largest absolute Gasteiger partial charge is 0.486 e. The second-order valence-electron chi connectivity index (χ2n) is 7.65. The molecule has 148 valence electrons. The average Bonchev–Trinajstić information content (AvgIpc) is 3.20. The highest BCUT2D eigenvalue weighted by Gasteiger charge is 2.43. The van der Waals surface area contributed by atoms with Crippen molar-refractivity contribution in [2.24, 2.45) is 0 Å². The molecule has 2 aromatic rings. The summed E-state index contributed by atoms with van der Waals surface area (Å²) in [6.07, 6.45) is 5.04. The SMILES string of the molecule is O=C1CC2(CCN(C(=O)C=Cc3ccc4c(c3)OCO4)CC2)Oc2ccccc21. The van der Waals surface area contributed by atoms with Crippen molar-refractivity contribution >= 4 is 17.8 Å². The maximum Gasteiger partial charge on any atom is 0.246 e. The van der Waals surface area contributed by atoms with Crippen LogP contribution in [0.1, 0.15) is 35.2 Å². The van der Waals surface area contributed by atoms with Crippen molar-refractivity contribution in [2.45, 2.75) is 24.9 Å². The fourth-order valence-electron chi connectivity index (χ4n) is 4.15. The molecule has 1 saturated heterocycles. The number of hydrogen-bond acceptors (Lipinski definition) is 5. The minimum Gasteiger partial charge on any atom is -0.486 e. The first-order valence-corrected chi connectivity index (χ1v) is 9.80. The molecule has 0 aliphatic carbocycles. The van der Waals surface area contributed by atoms with E-state index >= 15 is 0 Å². The van der Waals surface area contributed by atoms with Gasteiger partial charge < -0.3 is 19.1 Å². The zero-order valence-electron chi connectivity index (χ0n) is 15.9. The Labute approximate surface area is 168 Å². The monoisotopic (exact) mass is 391 g/mol. The van der Waals surface area contributed by atoms with E-state index in [9.17, 15) is 9.59 Å². The Hall–Kier alpha value is -3.28. The number of para-hydroxylation sites is 1. The van der Waals surface area contributed by atoms with Crippen LogP contribution in [0.25, 0.3) is 6.08 Å². The molecule has 0 radical (unpaired) electrons. The summed E-state index contributed by atoms with van der Waals surface area (Å²) < 4.78 is 16.9. The number of likely N-dealkylation sites (tertiary alicyclic amines) is 1. The number of ketones is 1. The Bertz CT molecular complexity index is 1000. The average molecular weight is 391 g/mol. The molecule has 0 saturated carbocycles. The minimum absolute atomic E-state index is 0.0416. The van der Waals surface area contributed by atoms with Gasteiger partial charge >= 0.3 is 0 Å². The van der Waals surface area contributed by atoms with Crippen LogP contribution >= 0.6 is 0 Å². The molecule has 0 atom stereocenters. The maximum absolute atomic E-state index is 12.6. The first-order valence-electron chi connectivity index (χ1n) is 9.80. The van der Waals surface area contributed by atoms with Gasteiger partial charge in [0.2, 0.25) is 12.7 Å². The second-order valence-corrected chi connectivity index (χ2v) is 7.65. The van der Waals surface area contributed by atoms with E-state index in [1.54, 1.807) is 12.2 Å². The van der Waals surface area contributed by atoms with Crippen LogP contribution in [-0.4, -0.2) is 42.1 Å². The van der Waals surface area contributed by atoms with Crippen LogP contribution in [0.5, 0.6) is 17.2 Å². The van der Waals surface area contributed by atoms with Gasteiger partial charge in [0.25, 0.3) is 0 Å². The lowest BCUT2D eigenvalue weighted by Gasteiger charge is -2.43. The van der Waals surface area contributed by atoms with Gasteiger partial charge in [0.05, 0.1) is 12.0 Å². The molecule has 0 bridgehead atoms. The maximum atomic E-state index is 12.6. The summed E-state index contributed by atoms with van der Waals surface area (Å²) in [4.78, 5) is 26.9. The Morgan fingerprint density at radius 2 is 1.79 bits per heavy atom. The molecule has 0 N–H and O–H groups in total. The van der Waals surface area contributed by atoms with Crippen molar-refractivity contribution in [1.29, 1.82) is 0 Å². The van der Waals surface area contributed by atoms with Gasteiger partial charge in [0.1, 0.15) is 11.4 Å². The molecule has 3 heterocycles. The Balaban J connectivity index is 1.23. The van der Waals surface area contributed by atoms with E-state index in [0.717, 1.165) is 11.3 Å². The van der Waals surface area contributed by atoms with Crippen LogP contribution < -0.4 is 14.2 Å². The fourth-order valence-corrected chi connectivity index (χ4v) is 4.15. The van der Waals surface area contributed by atoms with E-state index < -0.39 is 5.60 Å². The third-order valence-electron chi connectivity index (χ3n) is 5.80. The zero-order valence-corrected chi connectivity index (χ0v) is 15.9. The topological polar surface area (TPSA) is 65.1 Å². The highest BCUT2D eigenvalue weighted by Crippen LogP contribution is 2.39. The lowest BCUT2D eigenvalue weighted by atomic mass is 9.82. The third-order valence-corrected chi connectivity index (χ3v) is 5.80. The summed E-state index contributed by atoms with van der Waals surface area (Å²) in [5.74, 6) is 2.15. The number of hydrogen-bond donors (Lipinski definition) is 0. The predicted octanol–water partition coefficient (Wildman–Crippen LogP) is 3.46. The standard InChI is InChI=1S/C23H21NO5/c25-18-14-23(29-19-4-2-1-3-17(18)19)9-11-24(12-10-23)22(26)8-6-16-5-7-20-21(13-16)28-15-27-20/h1-8,13H,9-12,14-15H2. The number of piperidine rings is 1. The van der Waals surface area contributed by atoms with Crippen molar-refractivity contribution < 1.29 is 23.8 Å². The molecule has 6 nitrogen and oxygen atoms in total. The molecule has 1 spiro atoms. The summed E-state index contributed by atoms with van der Waals surface area (Å²) in [6, 6.07) is 13.0. The number of amides is 1.